The van der Waals surface area contributed by atoms with E-state index in [1.54, 1.807) is 6.07 Å². The fraction of sp³-hybridized carbons (Fsp3) is 0.222. The zero-order chi connectivity index (χ0) is 13.9. The maximum Gasteiger partial charge on any atom is 0.324 e. The summed E-state index contributed by atoms with van der Waals surface area (Å²) in [6.07, 6.45) is 0. The second-order valence-corrected chi connectivity index (χ2v) is 6.72. The number of hydrogen-bond acceptors (Lipinski definition) is 4. The van der Waals surface area contributed by atoms with Crippen molar-refractivity contribution in [3.05, 3.63) is 27.1 Å². The Morgan fingerprint density at radius 3 is 2.50 bits per heavy atom. The normalized spacial score (nSPS) is 13.3. The molecule has 0 heterocycles. The van der Waals surface area contributed by atoms with Crippen LogP contribution in [0.1, 0.15) is 0 Å². The molecular weight excluding hydrogens is 394 g/mol. The van der Waals surface area contributed by atoms with Crippen LogP contribution >= 0.6 is 31.9 Å². The number of aliphatic hydroxyl groups excluding tert-OH is 1. The van der Waals surface area contributed by atoms with Crippen molar-refractivity contribution in [2.45, 2.75) is 10.9 Å². The smallest absolute Gasteiger partial charge is 0.324 e. The van der Waals surface area contributed by atoms with E-state index in [0.717, 1.165) is 0 Å². The van der Waals surface area contributed by atoms with E-state index in [-0.39, 0.29) is 4.90 Å². The van der Waals surface area contributed by atoms with Crippen LogP contribution in [0.15, 0.2) is 32.0 Å². The first-order chi connectivity index (χ1) is 8.27. The topological polar surface area (TPSA) is 104 Å². The van der Waals surface area contributed by atoms with Gasteiger partial charge < -0.3 is 10.2 Å². The quantitative estimate of drug-likeness (QED) is 0.679. The molecule has 0 saturated carbocycles. The molecule has 1 aromatic rings. The molecular formula is C9H9Br2NO5S. The molecule has 0 aliphatic carbocycles. The number of sulfonamides is 1. The molecule has 3 N–H and O–H groups in total. The van der Waals surface area contributed by atoms with E-state index in [2.05, 4.69) is 31.9 Å². The first-order valence-electron chi connectivity index (χ1n) is 4.59. The number of aliphatic hydroxyl groups is 1. The molecule has 9 heteroatoms. The number of carboxylic acid groups (broad SMARTS) is 1. The number of benzene rings is 1. The Morgan fingerprint density at radius 1 is 1.39 bits per heavy atom. The van der Waals surface area contributed by atoms with Crippen LogP contribution in [0.5, 0.6) is 0 Å². The van der Waals surface area contributed by atoms with Crippen LogP contribution < -0.4 is 4.72 Å². The predicted molar refractivity (Wildman–Crippen MR) is 70.7 cm³/mol. The van der Waals surface area contributed by atoms with Gasteiger partial charge in [-0.3, -0.25) is 4.79 Å². The fourth-order valence-electron chi connectivity index (χ4n) is 1.10. The van der Waals surface area contributed by atoms with E-state index >= 15 is 0 Å². The first kappa shape index (κ1) is 15.6. The Kier molecular flexibility index (Phi) is 5.29. The number of nitrogens with one attached hydrogen (secondary N) is 1. The molecule has 1 aromatic carbocycles. The van der Waals surface area contributed by atoms with Gasteiger partial charge in [0.2, 0.25) is 10.0 Å². The van der Waals surface area contributed by atoms with E-state index in [4.69, 9.17) is 10.2 Å². The lowest BCUT2D eigenvalue weighted by Gasteiger charge is -2.13. The summed E-state index contributed by atoms with van der Waals surface area (Å²) in [5.41, 5.74) is 0. The third kappa shape index (κ3) is 3.75. The van der Waals surface area contributed by atoms with E-state index in [1.165, 1.54) is 12.1 Å². The number of hydrogen-bond donors (Lipinski definition) is 3. The van der Waals surface area contributed by atoms with Gasteiger partial charge in [-0.15, -0.1) is 0 Å². The van der Waals surface area contributed by atoms with Gasteiger partial charge in [-0.25, -0.2) is 8.42 Å². The van der Waals surface area contributed by atoms with Crippen molar-refractivity contribution >= 4 is 47.9 Å². The van der Waals surface area contributed by atoms with Gasteiger partial charge in [-0.05, 0) is 34.1 Å². The molecule has 1 atom stereocenters. The average molecular weight is 403 g/mol. The Labute approximate surface area is 120 Å². The van der Waals surface area contributed by atoms with Crippen molar-refractivity contribution in [3.63, 3.8) is 0 Å². The second kappa shape index (κ2) is 6.11. The number of carboxylic acids is 1. The van der Waals surface area contributed by atoms with Crippen LogP contribution in [0.2, 0.25) is 0 Å². The fourth-order valence-corrected chi connectivity index (χ4v) is 3.78. The summed E-state index contributed by atoms with van der Waals surface area (Å²) in [6, 6.07) is 2.88. The van der Waals surface area contributed by atoms with E-state index in [9.17, 15) is 13.2 Å². The summed E-state index contributed by atoms with van der Waals surface area (Å²) in [4.78, 5) is 10.6. The Hall–Kier alpha value is -0.480. The molecule has 1 rings (SSSR count). The monoisotopic (exact) mass is 401 g/mol. The molecule has 0 unspecified atom stereocenters. The molecule has 0 fully saturated rings. The zero-order valence-corrected chi connectivity index (χ0v) is 12.8. The van der Waals surface area contributed by atoms with E-state index < -0.39 is 28.6 Å². The van der Waals surface area contributed by atoms with Gasteiger partial charge in [-0.1, -0.05) is 15.9 Å². The van der Waals surface area contributed by atoms with Gasteiger partial charge >= 0.3 is 5.97 Å². The van der Waals surface area contributed by atoms with Gasteiger partial charge in [-0.2, -0.15) is 4.72 Å². The molecule has 0 saturated heterocycles. The summed E-state index contributed by atoms with van der Waals surface area (Å²) >= 11 is 6.19. The SMILES string of the molecule is O=C(O)[C@H](CO)NS(=O)(=O)c1cc(Br)ccc1Br. The standard InChI is InChI=1S/C9H9Br2NO5S/c10-5-1-2-6(11)8(3-5)18(16,17)12-7(4-13)9(14)15/h1-3,7,12-13H,4H2,(H,14,15)/t7-/m0/s1. The van der Waals surface area contributed by atoms with Crippen molar-refractivity contribution in [2.75, 3.05) is 6.61 Å². The summed E-state index contributed by atoms with van der Waals surface area (Å²) in [6.45, 7) is -0.833. The van der Waals surface area contributed by atoms with Gasteiger partial charge in [0.15, 0.2) is 0 Å². The van der Waals surface area contributed by atoms with Crippen molar-refractivity contribution in [2.24, 2.45) is 0 Å². The number of aliphatic carboxylic acids is 1. The van der Waals surface area contributed by atoms with Crippen LogP contribution in [0, 0.1) is 0 Å². The Morgan fingerprint density at radius 2 is 2.00 bits per heavy atom. The maximum absolute atomic E-state index is 11.9. The highest BCUT2D eigenvalue weighted by Crippen LogP contribution is 2.25. The van der Waals surface area contributed by atoms with Crippen LogP contribution in [0.25, 0.3) is 0 Å². The molecule has 0 bridgehead atoms. The maximum atomic E-state index is 11.9. The Balaban J connectivity index is 3.14. The Bertz CT molecular complexity index is 560. The molecule has 18 heavy (non-hydrogen) atoms. The molecule has 0 aromatic heterocycles. The highest BCUT2D eigenvalue weighted by molar-refractivity contribution is 9.11. The molecule has 6 nitrogen and oxygen atoms in total. The van der Waals surface area contributed by atoms with Gasteiger partial charge in [0.25, 0.3) is 0 Å². The lowest BCUT2D eigenvalue weighted by atomic mass is 10.3. The van der Waals surface area contributed by atoms with Crippen molar-refractivity contribution in [1.82, 2.24) is 4.72 Å². The molecule has 0 aliphatic rings. The van der Waals surface area contributed by atoms with E-state index in [1.807, 2.05) is 4.72 Å². The van der Waals surface area contributed by atoms with Crippen molar-refractivity contribution < 1.29 is 23.4 Å². The van der Waals surface area contributed by atoms with Crippen LogP contribution in [-0.4, -0.2) is 37.2 Å². The molecule has 0 amide bonds. The predicted octanol–water partition coefficient (Wildman–Crippen LogP) is 0.935. The molecule has 0 radical (unpaired) electrons. The lowest BCUT2D eigenvalue weighted by Crippen LogP contribution is -2.43. The zero-order valence-electron chi connectivity index (χ0n) is 8.80. The number of carbonyl (C=O) groups is 1. The average Bonchev–Trinajstić information content (AvgIpc) is 2.28. The largest absolute Gasteiger partial charge is 0.480 e. The summed E-state index contributed by atoms with van der Waals surface area (Å²) in [7, 11) is -4.04. The highest BCUT2D eigenvalue weighted by Gasteiger charge is 2.26. The van der Waals surface area contributed by atoms with E-state index in [0.29, 0.717) is 8.95 Å². The summed E-state index contributed by atoms with van der Waals surface area (Å²) in [5, 5.41) is 17.5. The van der Waals surface area contributed by atoms with Gasteiger partial charge in [0.05, 0.1) is 11.5 Å². The second-order valence-electron chi connectivity index (χ2n) is 3.27. The molecule has 0 aliphatic heterocycles. The number of halogens is 2. The molecule has 0 spiro atoms. The van der Waals surface area contributed by atoms with Crippen LogP contribution in [0.3, 0.4) is 0 Å². The number of rotatable bonds is 5. The minimum Gasteiger partial charge on any atom is -0.480 e. The third-order valence-electron chi connectivity index (χ3n) is 1.96. The summed E-state index contributed by atoms with van der Waals surface area (Å²) in [5.74, 6) is -1.45. The van der Waals surface area contributed by atoms with Gasteiger partial charge in [0.1, 0.15) is 6.04 Å². The minimum atomic E-state index is -4.04. The third-order valence-corrected chi connectivity index (χ3v) is 4.92. The van der Waals surface area contributed by atoms with Crippen LogP contribution in [-0.2, 0) is 14.8 Å². The van der Waals surface area contributed by atoms with Crippen molar-refractivity contribution in [3.8, 4) is 0 Å². The highest BCUT2D eigenvalue weighted by atomic mass is 79.9. The molecule has 100 valence electrons. The first-order valence-corrected chi connectivity index (χ1v) is 7.66. The summed E-state index contributed by atoms with van der Waals surface area (Å²) < 4.78 is 26.6. The van der Waals surface area contributed by atoms with Crippen LogP contribution in [0.4, 0.5) is 0 Å². The minimum absolute atomic E-state index is 0.114. The van der Waals surface area contributed by atoms with Gasteiger partial charge in [0, 0.05) is 8.95 Å². The lowest BCUT2D eigenvalue weighted by molar-refractivity contribution is -0.139. The van der Waals surface area contributed by atoms with Crippen molar-refractivity contribution in [1.29, 1.82) is 0 Å².